The summed E-state index contributed by atoms with van der Waals surface area (Å²) in [6.45, 7) is 3.43. The van der Waals surface area contributed by atoms with Gasteiger partial charge in [-0.15, -0.1) is 0 Å². The third-order valence-electron chi connectivity index (χ3n) is 2.52. The Hall–Kier alpha value is -1.04. The summed E-state index contributed by atoms with van der Waals surface area (Å²) in [6.07, 6.45) is 1.28. The van der Waals surface area contributed by atoms with Crippen LogP contribution in [0, 0.1) is 0 Å². The van der Waals surface area contributed by atoms with Crippen molar-refractivity contribution in [3.63, 3.8) is 0 Å². The summed E-state index contributed by atoms with van der Waals surface area (Å²) in [5, 5.41) is 3.19. The monoisotopic (exact) mass is 249 g/mol. The Kier molecular flexibility index (Phi) is 5.47. The van der Waals surface area contributed by atoms with Crippen molar-refractivity contribution < 1.29 is 13.2 Å². The Labute approximate surface area is 99.0 Å². The van der Waals surface area contributed by atoms with E-state index in [-0.39, 0.29) is 12.5 Å². The van der Waals surface area contributed by atoms with Gasteiger partial charge in [-0.05, 0) is 19.8 Å². The molecule has 3 nitrogen and oxygen atoms in total. The molecule has 0 spiro atoms. The molecule has 0 saturated carbocycles. The molecule has 0 saturated heterocycles. The molecule has 0 aromatic carbocycles. The number of halogens is 3. The van der Waals surface area contributed by atoms with Gasteiger partial charge in [-0.25, -0.2) is 4.98 Å². The fourth-order valence-corrected chi connectivity index (χ4v) is 1.57. The molecule has 0 aliphatic carbocycles. The lowest BCUT2D eigenvalue weighted by Crippen LogP contribution is -2.29. The Morgan fingerprint density at radius 3 is 2.76 bits per heavy atom. The van der Waals surface area contributed by atoms with Crippen LogP contribution >= 0.6 is 0 Å². The second kappa shape index (κ2) is 6.64. The van der Waals surface area contributed by atoms with Crippen LogP contribution in [0.3, 0.4) is 0 Å². The molecule has 6 heteroatoms. The fourth-order valence-electron chi connectivity index (χ4n) is 1.57. The predicted molar refractivity (Wildman–Crippen MR) is 59.6 cm³/mol. The van der Waals surface area contributed by atoms with Crippen LogP contribution < -0.4 is 5.32 Å². The van der Waals surface area contributed by atoms with Crippen LogP contribution in [-0.4, -0.2) is 28.3 Å². The average molecular weight is 249 g/mol. The minimum atomic E-state index is -4.03. The lowest BCUT2D eigenvalue weighted by atomic mass is 10.1. The summed E-state index contributed by atoms with van der Waals surface area (Å²) in [6, 6.07) is 0.112. The van der Waals surface area contributed by atoms with E-state index in [1.165, 1.54) is 0 Å². The molecule has 0 aliphatic rings. The maximum atomic E-state index is 11.9. The first-order valence-electron chi connectivity index (χ1n) is 5.73. The molecule has 1 heterocycles. The molecule has 1 unspecified atom stereocenters. The Morgan fingerprint density at radius 2 is 2.18 bits per heavy atom. The van der Waals surface area contributed by atoms with E-state index in [9.17, 15) is 13.2 Å². The molecule has 0 aliphatic heterocycles. The van der Waals surface area contributed by atoms with E-state index in [2.05, 4.69) is 10.3 Å². The summed E-state index contributed by atoms with van der Waals surface area (Å²) < 4.78 is 37.7. The van der Waals surface area contributed by atoms with Crippen molar-refractivity contribution in [2.45, 2.75) is 44.9 Å². The van der Waals surface area contributed by atoms with Gasteiger partial charge in [-0.1, -0.05) is 0 Å². The highest BCUT2D eigenvalue weighted by Gasteiger charge is 2.26. The van der Waals surface area contributed by atoms with Gasteiger partial charge in [0.05, 0.1) is 6.33 Å². The van der Waals surface area contributed by atoms with Crippen LogP contribution in [0.1, 0.15) is 26.2 Å². The smallest absolute Gasteiger partial charge is 0.336 e. The molecule has 1 rings (SSSR count). The van der Waals surface area contributed by atoms with Gasteiger partial charge in [-0.2, -0.15) is 13.2 Å². The lowest BCUT2D eigenvalue weighted by Gasteiger charge is -2.14. The first-order valence-corrected chi connectivity index (χ1v) is 5.73. The normalized spacial score (nSPS) is 13.9. The number of nitrogens with one attached hydrogen (secondary N) is 1. The van der Waals surface area contributed by atoms with Crippen molar-refractivity contribution in [3.8, 4) is 0 Å². The van der Waals surface area contributed by atoms with Gasteiger partial charge in [0.15, 0.2) is 0 Å². The predicted octanol–water partition coefficient (Wildman–Crippen LogP) is 2.59. The van der Waals surface area contributed by atoms with Crippen molar-refractivity contribution in [2.75, 3.05) is 6.54 Å². The van der Waals surface area contributed by atoms with E-state index in [0.29, 0.717) is 6.42 Å². The molecule has 1 aromatic rings. The largest absolute Gasteiger partial charge is 0.389 e. The van der Waals surface area contributed by atoms with Gasteiger partial charge in [0.2, 0.25) is 0 Å². The minimum Gasteiger partial charge on any atom is -0.336 e. The number of aromatic nitrogens is 2. The van der Waals surface area contributed by atoms with E-state index >= 15 is 0 Å². The van der Waals surface area contributed by atoms with Crippen molar-refractivity contribution in [1.29, 1.82) is 0 Å². The van der Waals surface area contributed by atoms with Gasteiger partial charge in [0.25, 0.3) is 0 Å². The number of rotatable bonds is 7. The summed E-state index contributed by atoms with van der Waals surface area (Å²) in [5.74, 6) is 0. The van der Waals surface area contributed by atoms with Crippen LogP contribution in [0.2, 0.25) is 0 Å². The standard InChI is InChI=1S/C11H18F3N3/c1-10(3-2-4-11(12,13)14)16-6-8-17-7-5-15-9-17/h5,7,9-10,16H,2-4,6,8H2,1H3. The number of imidazole rings is 1. The van der Waals surface area contributed by atoms with E-state index < -0.39 is 12.6 Å². The Balaban J connectivity index is 2.03. The van der Waals surface area contributed by atoms with E-state index in [0.717, 1.165) is 13.1 Å². The SMILES string of the molecule is CC(CCCC(F)(F)F)NCCn1ccnc1. The van der Waals surface area contributed by atoms with Gasteiger partial charge in [0, 0.05) is 37.9 Å². The van der Waals surface area contributed by atoms with Crippen molar-refractivity contribution >= 4 is 0 Å². The molecule has 0 bridgehead atoms. The molecule has 98 valence electrons. The summed E-state index contributed by atoms with van der Waals surface area (Å²) in [4.78, 5) is 3.91. The zero-order valence-corrected chi connectivity index (χ0v) is 9.87. The summed E-state index contributed by atoms with van der Waals surface area (Å²) >= 11 is 0. The third-order valence-corrected chi connectivity index (χ3v) is 2.52. The number of hydrogen-bond donors (Lipinski definition) is 1. The Bertz CT molecular complexity index is 295. The molecule has 1 atom stereocenters. The lowest BCUT2D eigenvalue weighted by molar-refractivity contribution is -0.135. The number of alkyl halides is 3. The highest BCUT2D eigenvalue weighted by molar-refractivity contribution is 4.74. The van der Waals surface area contributed by atoms with Crippen LogP contribution in [0.25, 0.3) is 0 Å². The van der Waals surface area contributed by atoms with E-state index in [1.807, 2.05) is 17.7 Å². The molecule has 17 heavy (non-hydrogen) atoms. The third kappa shape index (κ3) is 6.99. The van der Waals surface area contributed by atoms with Crippen LogP contribution in [-0.2, 0) is 6.54 Å². The maximum Gasteiger partial charge on any atom is 0.389 e. The molecule has 0 fully saturated rings. The zero-order chi connectivity index (χ0) is 12.7. The topological polar surface area (TPSA) is 29.9 Å². The van der Waals surface area contributed by atoms with Gasteiger partial charge < -0.3 is 9.88 Å². The van der Waals surface area contributed by atoms with Crippen LogP contribution in [0.15, 0.2) is 18.7 Å². The summed E-state index contributed by atoms with van der Waals surface area (Å²) in [7, 11) is 0. The number of nitrogens with zero attached hydrogens (tertiary/aromatic N) is 2. The minimum absolute atomic E-state index is 0.112. The van der Waals surface area contributed by atoms with Crippen molar-refractivity contribution in [3.05, 3.63) is 18.7 Å². The molecule has 0 radical (unpaired) electrons. The van der Waals surface area contributed by atoms with Gasteiger partial charge in [-0.3, -0.25) is 0 Å². The molecule has 1 aromatic heterocycles. The summed E-state index contributed by atoms with van der Waals surface area (Å²) in [5.41, 5.74) is 0. The zero-order valence-electron chi connectivity index (χ0n) is 9.87. The Morgan fingerprint density at radius 1 is 1.41 bits per heavy atom. The second-order valence-electron chi connectivity index (χ2n) is 4.16. The average Bonchev–Trinajstić information content (AvgIpc) is 2.68. The first-order chi connectivity index (χ1) is 7.97. The maximum absolute atomic E-state index is 11.9. The fraction of sp³-hybridized carbons (Fsp3) is 0.727. The van der Waals surface area contributed by atoms with E-state index in [1.54, 1.807) is 12.5 Å². The second-order valence-corrected chi connectivity index (χ2v) is 4.16. The quantitative estimate of drug-likeness (QED) is 0.805. The van der Waals surface area contributed by atoms with Crippen LogP contribution in [0.4, 0.5) is 13.2 Å². The molecule has 1 N–H and O–H groups in total. The van der Waals surface area contributed by atoms with Crippen molar-refractivity contribution in [1.82, 2.24) is 14.9 Å². The highest BCUT2D eigenvalue weighted by atomic mass is 19.4. The highest BCUT2D eigenvalue weighted by Crippen LogP contribution is 2.22. The van der Waals surface area contributed by atoms with Gasteiger partial charge in [0.1, 0.15) is 0 Å². The van der Waals surface area contributed by atoms with Crippen LogP contribution in [0.5, 0.6) is 0 Å². The van der Waals surface area contributed by atoms with E-state index in [4.69, 9.17) is 0 Å². The number of hydrogen-bond acceptors (Lipinski definition) is 2. The molecular weight excluding hydrogens is 231 g/mol. The molecular formula is C11H18F3N3. The van der Waals surface area contributed by atoms with Gasteiger partial charge >= 0.3 is 6.18 Å². The molecule has 0 amide bonds. The van der Waals surface area contributed by atoms with Crippen molar-refractivity contribution in [2.24, 2.45) is 0 Å². The first kappa shape index (κ1) is 14.0.